The first-order chi connectivity index (χ1) is 6.61. The molecule has 6 heteroatoms. The van der Waals surface area contributed by atoms with Crippen LogP contribution < -0.4 is 5.46 Å². The molecule has 0 radical (unpaired) electrons. The van der Waals surface area contributed by atoms with Crippen LogP contribution in [0, 0.1) is 0 Å². The van der Waals surface area contributed by atoms with E-state index in [2.05, 4.69) is 15.9 Å². The molecule has 0 unspecified atom stereocenters. The lowest BCUT2D eigenvalue weighted by Crippen LogP contribution is -2.30. The molecular weight excluding hydrogens is 286 g/mol. The molecule has 0 aliphatic rings. The fraction of sp³-hybridized carbons (Fsp3) is 0. The van der Waals surface area contributed by atoms with E-state index in [0.29, 0.717) is 10.5 Å². The Kier molecular flexibility index (Phi) is 2.86. The van der Waals surface area contributed by atoms with E-state index in [9.17, 15) is 0 Å². The van der Waals surface area contributed by atoms with Gasteiger partial charge in [-0.3, -0.25) is 0 Å². The smallest absolute Gasteiger partial charge is 0.423 e. The molecule has 2 aromatic rings. The van der Waals surface area contributed by atoms with Gasteiger partial charge in [0.25, 0.3) is 0 Å². The topological polar surface area (TPSA) is 40.5 Å². The van der Waals surface area contributed by atoms with Crippen molar-refractivity contribution in [3.63, 3.8) is 0 Å². The van der Waals surface area contributed by atoms with Crippen molar-refractivity contribution in [2.45, 2.75) is 0 Å². The maximum absolute atomic E-state index is 9.15. The summed E-state index contributed by atoms with van der Waals surface area (Å²) in [5.74, 6) is 0. The van der Waals surface area contributed by atoms with Gasteiger partial charge >= 0.3 is 7.12 Å². The van der Waals surface area contributed by atoms with Crippen LogP contribution in [-0.2, 0) is 0 Å². The van der Waals surface area contributed by atoms with E-state index in [1.165, 1.54) is 11.3 Å². The molecule has 0 aliphatic carbocycles. The van der Waals surface area contributed by atoms with Gasteiger partial charge in [-0.1, -0.05) is 17.7 Å². The first-order valence-corrected chi connectivity index (χ1v) is 5.87. The third-order valence-corrected chi connectivity index (χ3v) is 4.31. The minimum absolute atomic E-state index is 0.470. The molecule has 0 aliphatic heterocycles. The van der Waals surface area contributed by atoms with E-state index in [0.717, 1.165) is 14.6 Å². The Labute approximate surface area is 98.4 Å². The van der Waals surface area contributed by atoms with Crippen LogP contribution >= 0.6 is 38.9 Å². The van der Waals surface area contributed by atoms with Gasteiger partial charge in [0.1, 0.15) is 0 Å². The molecule has 1 heterocycles. The van der Waals surface area contributed by atoms with E-state index in [1.807, 2.05) is 5.38 Å². The van der Waals surface area contributed by atoms with Crippen LogP contribution in [0.1, 0.15) is 0 Å². The van der Waals surface area contributed by atoms with Crippen molar-refractivity contribution in [3.05, 3.63) is 27.0 Å². The number of benzene rings is 1. The molecule has 72 valence electrons. The average Bonchev–Trinajstić information content (AvgIpc) is 2.50. The summed E-state index contributed by atoms with van der Waals surface area (Å²) in [6, 6.07) is 3.29. The molecule has 0 amide bonds. The Balaban J connectivity index is 2.85. The van der Waals surface area contributed by atoms with E-state index < -0.39 is 7.12 Å². The molecule has 0 spiro atoms. The Morgan fingerprint density at radius 3 is 2.71 bits per heavy atom. The van der Waals surface area contributed by atoms with Gasteiger partial charge in [-0.25, -0.2) is 0 Å². The largest absolute Gasteiger partial charge is 0.489 e. The van der Waals surface area contributed by atoms with Crippen molar-refractivity contribution in [3.8, 4) is 0 Å². The van der Waals surface area contributed by atoms with Crippen LogP contribution in [0.5, 0.6) is 0 Å². The summed E-state index contributed by atoms with van der Waals surface area (Å²) in [7, 11) is -1.47. The third kappa shape index (κ3) is 1.59. The molecule has 2 nitrogen and oxygen atoms in total. The highest BCUT2D eigenvalue weighted by Crippen LogP contribution is 2.33. The summed E-state index contributed by atoms with van der Waals surface area (Å²) in [6.07, 6.45) is 0. The maximum atomic E-state index is 9.15. The quantitative estimate of drug-likeness (QED) is 0.789. The van der Waals surface area contributed by atoms with Crippen molar-refractivity contribution in [1.29, 1.82) is 0 Å². The Morgan fingerprint density at radius 1 is 1.36 bits per heavy atom. The number of hydrogen-bond acceptors (Lipinski definition) is 3. The van der Waals surface area contributed by atoms with Crippen molar-refractivity contribution >= 4 is 61.5 Å². The van der Waals surface area contributed by atoms with E-state index >= 15 is 0 Å². The standard InChI is InChI=1S/C8H5BBrClO2S/c10-5-3-14-8-6(11)2-1-4(7(5)8)9(12)13/h1-3,12-13H. The molecule has 0 atom stereocenters. The van der Waals surface area contributed by atoms with Crippen molar-refractivity contribution in [2.24, 2.45) is 0 Å². The predicted octanol–water partition coefficient (Wildman–Crippen LogP) is 2.00. The van der Waals surface area contributed by atoms with Gasteiger partial charge in [0, 0.05) is 15.2 Å². The van der Waals surface area contributed by atoms with Crippen molar-refractivity contribution in [1.82, 2.24) is 0 Å². The highest BCUT2D eigenvalue weighted by Gasteiger charge is 2.18. The van der Waals surface area contributed by atoms with E-state index in [1.54, 1.807) is 12.1 Å². The molecule has 2 N–H and O–H groups in total. The summed E-state index contributed by atoms with van der Waals surface area (Å²) in [4.78, 5) is 0. The lowest BCUT2D eigenvalue weighted by atomic mass is 9.78. The maximum Gasteiger partial charge on any atom is 0.489 e. The monoisotopic (exact) mass is 290 g/mol. The second kappa shape index (κ2) is 3.83. The molecule has 0 saturated heterocycles. The van der Waals surface area contributed by atoms with Crippen molar-refractivity contribution < 1.29 is 10.0 Å². The van der Waals surface area contributed by atoms with Gasteiger partial charge in [0.15, 0.2) is 0 Å². The minimum Gasteiger partial charge on any atom is -0.423 e. The fourth-order valence-electron chi connectivity index (χ4n) is 1.32. The van der Waals surface area contributed by atoms with Gasteiger partial charge in [0.2, 0.25) is 0 Å². The van der Waals surface area contributed by atoms with E-state index in [-0.39, 0.29) is 0 Å². The first-order valence-electron chi connectivity index (χ1n) is 3.82. The highest BCUT2D eigenvalue weighted by atomic mass is 79.9. The average molecular weight is 291 g/mol. The molecule has 14 heavy (non-hydrogen) atoms. The van der Waals surface area contributed by atoms with Crippen LogP contribution in [0.2, 0.25) is 5.02 Å². The van der Waals surface area contributed by atoms with E-state index in [4.69, 9.17) is 21.6 Å². The number of rotatable bonds is 1. The summed E-state index contributed by atoms with van der Waals surface area (Å²) in [6.45, 7) is 0. The molecule has 1 aromatic carbocycles. The normalized spacial score (nSPS) is 10.9. The minimum atomic E-state index is -1.47. The first kappa shape index (κ1) is 10.5. The fourth-order valence-corrected chi connectivity index (χ4v) is 3.31. The third-order valence-electron chi connectivity index (χ3n) is 1.94. The lowest BCUT2D eigenvalue weighted by Gasteiger charge is -2.03. The van der Waals surface area contributed by atoms with Gasteiger partial charge < -0.3 is 10.0 Å². The lowest BCUT2D eigenvalue weighted by molar-refractivity contribution is 0.426. The molecule has 2 rings (SSSR count). The number of thiophene rings is 1. The number of fused-ring (bicyclic) bond motifs is 1. The molecule has 0 fully saturated rings. The zero-order valence-corrected chi connectivity index (χ0v) is 10.0. The molecule has 1 aromatic heterocycles. The summed E-state index contributed by atoms with van der Waals surface area (Å²) in [5, 5.41) is 21.6. The summed E-state index contributed by atoms with van der Waals surface area (Å²) < 4.78 is 1.70. The van der Waals surface area contributed by atoms with Crippen LogP contribution in [0.4, 0.5) is 0 Å². The zero-order chi connectivity index (χ0) is 10.3. The van der Waals surface area contributed by atoms with Crippen LogP contribution in [-0.4, -0.2) is 17.2 Å². The SMILES string of the molecule is OB(O)c1ccc(Cl)c2scc(Br)c12. The second-order valence-electron chi connectivity index (χ2n) is 2.80. The van der Waals surface area contributed by atoms with Gasteiger partial charge in [0.05, 0.1) is 9.72 Å². The van der Waals surface area contributed by atoms with Gasteiger partial charge in [-0.05, 0) is 27.5 Å². The van der Waals surface area contributed by atoms with Crippen LogP contribution in [0.3, 0.4) is 0 Å². The van der Waals surface area contributed by atoms with Crippen LogP contribution in [0.15, 0.2) is 22.0 Å². The molecular formula is C8H5BBrClO2S. The van der Waals surface area contributed by atoms with Crippen LogP contribution in [0.25, 0.3) is 10.1 Å². The number of hydrogen-bond donors (Lipinski definition) is 2. The van der Waals surface area contributed by atoms with Crippen molar-refractivity contribution in [2.75, 3.05) is 0 Å². The highest BCUT2D eigenvalue weighted by molar-refractivity contribution is 9.10. The second-order valence-corrected chi connectivity index (χ2v) is 4.94. The summed E-state index contributed by atoms with van der Waals surface area (Å²) in [5.41, 5.74) is 0.470. The Morgan fingerprint density at radius 2 is 2.07 bits per heavy atom. The molecule has 0 bridgehead atoms. The number of halogens is 2. The Hall–Kier alpha value is -0.0651. The zero-order valence-electron chi connectivity index (χ0n) is 6.87. The Bertz CT molecular complexity index is 485. The van der Waals surface area contributed by atoms with Gasteiger partial charge in [-0.2, -0.15) is 0 Å². The molecule has 0 saturated carbocycles. The summed E-state index contributed by atoms with van der Waals surface area (Å²) >= 11 is 10.8. The van der Waals surface area contributed by atoms with Gasteiger partial charge in [-0.15, -0.1) is 11.3 Å². The predicted molar refractivity (Wildman–Crippen MR) is 64.4 cm³/mol.